The van der Waals surface area contributed by atoms with Crippen LogP contribution in [0.2, 0.25) is 0 Å². The summed E-state index contributed by atoms with van der Waals surface area (Å²) in [5.74, 6) is 0.416. The lowest BCUT2D eigenvalue weighted by molar-refractivity contribution is -0.131. The molecule has 0 unspecified atom stereocenters. The van der Waals surface area contributed by atoms with Gasteiger partial charge in [-0.1, -0.05) is 214 Å². The molecule has 0 aliphatic heterocycles. The Labute approximate surface area is 370 Å². The smallest absolute Gasteiger partial charge is 0.434 e. The first-order chi connectivity index (χ1) is 29.0. The summed E-state index contributed by atoms with van der Waals surface area (Å²) in [6.07, 6.45) is 48.9. The summed E-state index contributed by atoms with van der Waals surface area (Å²) in [4.78, 5) is 30.4. The molecule has 6 nitrogen and oxygen atoms in total. The third kappa shape index (κ3) is 43.2. The van der Waals surface area contributed by atoms with E-state index in [1.807, 2.05) is 0 Å². The van der Waals surface area contributed by atoms with Crippen LogP contribution in [0.1, 0.15) is 285 Å². The first-order valence-electron chi connectivity index (χ1n) is 26.8. The second-order valence-corrected chi connectivity index (χ2v) is 18.5. The molecule has 1 amide bonds. The number of unbranched alkanes of at least 4 members (excludes halogenated alkanes) is 31. The lowest BCUT2D eigenvalue weighted by Crippen LogP contribution is -2.32. The first kappa shape index (κ1) is 57.7. The first-order valence-corrected chi connectivity index (χ1v) is 26.8. The quantitative estimate of drug-likeness (QED) is 0.0451. The van der Waals surface area contributed by atoms with Gasteiger partial charge in [-0.3, -0.25) is 4.79 Å². The Hall–Kier alpha value is -1.30. The Morgan fingerprint density at radius 3 is 1.12 bits per heavy atom. The molecule has 6 heteroatoms. The second-order valence-electron chi connectivity index (χ2n) is 18.5. The molecule has 0 aliphatic rings. The van der Waals surface area contributed by atoms with Crippen LogP contribution in [0, 0.1) is 0 Å². The van der Waals surface area contributed by atoms with E-state index >= 15 is 0 Å². The van der Waals surface area contributed by atoms with E-state index in [1.165, 1.54) is 219 Å². The molecule has 0 heterocycles. The number of carbonyl (C=O) groups excluding carboxylic acids is 2. The van der Waals surface area contributed by atoms with E-state index in [0.29, 0.717) is 12.5 Å². The molecule has 0 atom stereocenters. The number of hydrogen-bond donors (Lipinski definition) is 0. The number of hydrogen-bond acceptors (Lipinski definition) is 5. The highest BCUT2D eigenvalue weighted by Crippen LogP contribution is 2.18. The number of rotatable bonds is 48. The van der Waals surface area contributed by atoms with Crippen molar-refractivity contribution in [3.05, 3.63) is 0 Å². The molecule has 0 rings (SSSR count). The van der Waals surface area contributed by atoms with Crippen LogP contribution in [0.15, 0.2) is 0 Å². The molecule has 0 saturated heterocycles. The van der Waals surface area contributed by atoms with Crippen molar-refractivity contribution in [2.24, 2.45) is 0 Å². The van der Waals surface area contributed by atoms with E-state index in [0.717, 1.165) is 64.5 Å². The molecule has 0 aliphatic carbocycles. The maximum absolute atomic E-state index is 13.3. The van der Waals surface area contributed by atoms with Crippen LogP contribution in [0.3, 0.4) is 0 Å². The molecule has 0 saturated carbocycles. The Kier molecular flexibility index (Phi) is 46.7. The van der Waals surface area contributed by atoms with Gasteiger partial charge in [-0.15, -0.1) is 0 Å². The van der Waals surface area contributed by atoms with Crippen LogP contribution in [0.4, 0.5) is 4.79 Å². The molecular formula is C53H106N2O4. The van der Waals surface area contributed by atoms with Crippen molar-refractivity contribution < 1.29 is 19.1 Å². The van der Waals surface area contributed by atoms with Crippen LogP contribution in [0.5, 0.6) is 0 Å². The number of nitrogens with zero attached hydrogens (tertiary/aromatic N) is 2. The molecule has 0 aromatic heterocycles. The predicted molar refractivity (Wildman–Crippen MR) is 258 cm³/mol. The van der Waals surface area contributed by atoms with Gasteiger partial charge in [0.15, 0.2) is 0 Å². The average Bonchev–Trinajstić information content (AvgIpc) is 3.23. The molecule has 352 valence electrons. The fourth-order valence-electron chi connectivity index (χ4n) is 8.42. The number of carbonyl (C=O) groups is 2. The lowest BCUT2D eigenvalue weighted by atomic mass is 10.0. The molecule has 0 N–H and O–H groups in total. The van der Waals surface area contributed by atoms with Gasteiger partial charge < -0.3 is 19.3 Å². The predicted octanol–water partition coefficient (Wildman–Crippen LogP) is 17.0. The molecule has 59 heavy (non-hydrogen) atoms. The zero-order valence-electron chi connectivity index (χ0n) is 40.9. The van der Waals surface area contributed by atoms with Crippen molar-refractivity contribution in [2.75, 3.05) is 39.8 Å². The van der Waals surface area contributed by atoms with Gasteiger partial charge in [-0.2, -0.15) is 0 Å². The van der Waals surface area contributed by atoms with Crippen molar-refractivity contribution in [3.8, 4) is 0 Å². The van der Waals surface area contributed by atoms with Crippen LogP contribution in [-0.2, 0) is 14.3 Å². The van der Waals surface area contributed by atoms with E-state index in [1.54, 1.807) is 0 Å². The van der Waals surface area contributed by atoms with Gasteiger partial charge in [-0.25, -0.2) is 4.79 Å². The zero-order valence-corrected chi connectivity index (χ0v) is 40.9. The van der Waals surface area contributed by atoms with Crippen molar-refractivity contribution in [1.29, 1.82) is 0 Å². The average molecular weight is 835 g/mol. The normalized spacial score (nSPS) is 11.6. The summed E-state index contributed by atoms with van der Waals surface area (Å²) in [6, 6.07) is 0. The third-order valence-electron chi connectivity index (χ3n) is 12.5. The number of ether oxygens (including phenoxy) is 2. The minimum Gasteiger partial charge on any atom is -0.434 e. The molecular weight excluding hydrogens is 729 g/mol. The maximum Gasteiger partial charge on any atom is 0.508 e. The lowest BCUT2D eigenvalue weighted by Gasteiger charge is -2.23. The topological polar surface area (TPSA) is 59.1 Å². The fraction of sp³-hybridized carbons (Fsp3) is 0.962. The standard InChI is InChI=1S/C53H106N2O4/c1-6-10-14-18-20-22-32-40-48-55(49-41-33-23-21-19-15-11-7-2)52(56)45-37-29-26-31-39-47-54(5)46-38-30-24-25-34-42-50-58-53(57)59-51(43-35-27-16-12-8-3)44-36-28-17-13-9-4/h51H,6-50H2,1-5H3. The van der Waals surface area contributed by atoms with Crippen molar-refractivity contribution in [1.82, 2.24) is 9.80 Å². The minimum atomic E-state index is -0.453. The summed E-state index contributed by atoms with van der Waals surface area (Å²) < 4.78 is 11.3. The van der Waals surface area contributed by atoms with Gasteiger partial charge >= 0.3 is 6.16 Å². The van der Waals surface area contributed by atoms with E-state index in [-0.39, 0.29) is 6.10 Å². The summed E-state index contributed by atoms with van der Waals surface area (Å²) in [5.41, 5.74) is 0. The summed E-state index contributed by atoms with van der Waals surface area (Å²) in [6.45, 7) is 13.8. The van der Waals surface area contributed by atoms with Crippen LogP contribution >= 0.6 is 0 Å². The molecule has 0 spiro atoms. The molecule has 0 radical (unpaired) electrons. The van der Waals surface area contributed by atoms with Gasteiger partial charge in [0.1, 0.15) is 6.10 Å². The minimum absolute atomic E-state index is 0.0191. The number of amides is 1. The zero-order chi connectivity index (χ0) is 43.1. The van der Waals surface area contributed by atoms with Gasteiger partial charge in [0.05, 0.1) is 6.61 Å². The van der Waals surface area contributed by atoms with Crippen LogP contribution in [-0.4, -0.2) is 67.8 Å². The van der Waals surface area contributed by atoms with E-state index in [9.17, 15) is 9.59 Å². The van der Waals surface area contributed by atoms with Crippen LogP contribution in [0.25, 0.3) is 0 Å². The van der Waals surface area contributed by atoms with E-state index in [4.69, 9.17) is 9.47 Å². The Morgan fingerprint density at radius 1 is 0.390 bits per heavy atom. The van der Waals surface area contributed by atoms with Crippen molar-refractivity contribution >= 4 is 12.1 Å². The molecule has 0 aromatic carbocycles. The Balaban J connectivity index is 4.03. The Bertz CT molecular complexity index is 819. The second kappa shape index (κ2) is 47.7. The highest BCUT2D eigenvalue weighted by molar-refractivity contribution is 5.76. The maximum atomic E-state index is 13.3. The van der Waals surface area contributed by atoms with E-state index < -0.39 is 6.16 Å². The summed E-state index contributed by atoms with van der Waals surface area (Å²) >= 11 is 0. The highest BCUT2D eigenvalue weighted by Gasteiger charge is 2.16. The Morgan fingerprint density at radius 2 is 0.712 bits per heavy atom. The highest BCUT2D eigenvalue weighted by atomic mass is 16.7. The monoisotopic (exact) mass is 835 g/mol. The summed E-state index contributed by atoms with van der Waals surface area (Å²) in [7, 11) is 2.27. The molecule has 0 aromatic rings. The van der Waals surface area contributed by atoms with Crippen molar-refractivity contribution in [2.45, 2.75) is 291 Å². The SMILES string of the molecule is CCCCCCCCCCN(CCCCCCCCCC)C(=O)CCCCCCCN(C)CCCCCCCCOC(=O)OC(CCCCCCC)CCCCCCC. The largest absolute Gasteiger partial charge is 0.508 e. The van der Waals surface area contributed by atoms with Gasteiger partial charge in [0.2, 0.25) is 5.91 Å². The van der Waals surface area contributed by atoms with Gasteiger partial charge in [0, 0.05) is 19.5 Å². The summed E-state index contributed by atoms with van der Waals surface area (Å²) in [5, 5.41) is 0. The van der Waals surface area contributed by atoms with E-state index in [2.05, 4.69) is 44.5 Å². The van der Waals surface area contributed by atoms with Crippen molar-refractivity contribution in [3.63, 3.8) is 0 Å². The molecule has 0 bridgehead atoms. The molecule has 0 fully saturated rings. The fourth-order valence-corrected chi connectivity index (χ4v) is 8.42. The van der Waals surface area contributed by atoms with Gasteiger partial charge in [-0.05, 0) is 84.3 Å². The van der Waals surface area contributed by atoms with Crippen LogP contribution < -0.4 is 0 Å². The van der Waals surface area contributed by atoms with Gasteiger partial charge in [0.25, 0.3) is 0 Å². The third-order valence-corrected chi connectivity index (χ3v) is 12.5.